The molecule has 2 aromatic carbocycles. The monoisotopic (exact) mass is 733 g/mol. The van der Waals surface area contributed by atoms with Gasteiger partial charge in [0, 0.05) is 48.0 Å². The molecule has 5 heterocycles. The van der Waals surface area contributed by atoms with Crippen LogP contribution in [0.25, 0.3) is 11.1 Å². The van der Waals surface area contributed by atoms with E-state index in [9.17, 15) is 18.0 Å². The number of fused-ring (bicyclic) bond motifs is 1. The van der Waals surface area contributed by atoms with Gasteiger partial charge in [-0.05, 0) is 62.9 Å². The summed E-state index contributed by atoms with van der Waals surface area (Å²) >= 11 is 12.7. The number of nitrogens with zero attached hydrogens (tertiary/aromatic N) is 8. The number of amides is 2. The van der Waals surface area contributed by atoms with Gasteiger partial charge in [0.15, 0.2) is 5.03 Å². The van der Waals surface area contributed by atoms with Gasteiger partial charge in [-0.1, -0.05) is 47.5 Å². The number of carbonyl (C=O) groups is 2. The fourth-order valence-corrected chi connectivity index (χ4v) is 9.21. The molecule has 1 fully saturated rings. The Balaban J connectivity index is 1.29. The number of imidazole rings is 1. The normalized spacial score (nSPS) is 19.3. The number of hydrogen-bond donors (Lipinski definition) is 1. The number of aryl methyl sites for hydroxylation is 2. The second kappa shape index (κ2) is 12.6. The lowest BCUT2D eigenvalue weighted by atomic mass is 9.91. The first-order chi connectivity index (χ1) is 23.8. The van der Waals surface area contributed by atoms with Crippen molar-refractivity contribution in [2.24, 2.45) is 7.05 Å². The Kier molecular flexibility index (Phi) is 8.53. The Morgan fingerprint density at radius 1 is 1.02 bits per heavy atom. The van der Waals surface area contributed by atoms with Crippen molar-refractivity contribution in [3.8, 4) is 11.1 Å². The van der Waals surface area contributed by atoms with E-state index in [0.717, 1.165) is 22.4 Å². The molecule has 2 atom stereocenters. The molecule has 2 amide bonds. The highest BCUT2D eigenvalue weighted by atomic mass is 35.5. The summed E-state index contributed by atoms with van der Waals surface area (Å²) in [6.07, 6.45) is 7.04. The molecule has 2 aliphatic heterocycles. The van der Waals surface area contributed by atoms with Crippen molar-refractivity contribution in [3.63, 3.8) is 0 Å². The van der Waals surface area contributed by atoms with Crippen LogP contribution in [-0.2, 0) is 38.6 Å². The number of hydrogen-bond acceptors (Lipinski definition) is 8. The molecular formula is C34H33Cl2N9O4S. The summed E-state index contributed by atoms with van der Waals surface area (Å²) in [5.41, 5.74) is 3.29. The second-order valence-electron chi connectivity index (χ2n) is 12.7. The van der Waals surface area contributed by atoms with Crippen LogP contribution in [0.2, 0.25) is 10.0 Å². The first-order valence-electron chi connectivity index (χ1n) is 15.9. The van der Waals surface area contributed by atoms with Gasteiger partial charge in [0.25, 0.3) is 15.9 Å². The molecule has 7 rings (SSSR count). The quantitative estimate of drug-likeness (QED) is 0.222. The minimum Gasteiger partial charge on any atom is -0.322 e. The zero-order valence-corrected chi connectivity index (χ0v) is 30.0. The van der Waals surface area contributed by atoms with Crippen LogP contribution in [0, 0.1) is 13.8 Å². The molecule has 258 valence electrons. The minimum atomic E-state index is -4.37. The van der Waals surface area contributed by atoms with E-state index in [1.54, 1.807) is 56.2 Å². The predicted octanol–water partition coefficient (Wildman–Crippen LogP) is 5.43. The minimum absolute atomic E-state index is 0.0919. The van der Waals surface area contributed by atoms with Crippen LogP contribution < -0.4 is 10.2 Å². The maximum Gasteiger partial charge on any atom is 0.261 e. The van der Waals surface area contributed by atoms with Gasteiger partial charge >= 0.3 is 0 Å². The van der Waals surface area contributed by atoms with Gasteiger partial charge in [-0.15, -0.1) is 0 Å². The van der Waals surface area contributed by atoms with Crippen molar-refractivity contribution in [2.45, 2.75) is 56.6 Å². The predicted molar refractivity (Wildman–Crippen MR) is 189 cm³/mol. The van der Waals surface area contributed by atoms with Crippen molar-refractivity contribution in [1.82, 2.24) is 33.6 Å². The second-order valence-corrected chi connectivity index (χ2v) is 15.4. The summed E-state index contributed by atoms with van der Waals surface area (Å²) < 4.78 is 33.6. The van der Waals surface area contributed by atoms with Crippen LogP contribution in [0.5, 0.6) is 0 Å². The summed E-state index contributed by atoms with van der Waals surface area (Å²) in [6, 6.07) is 11.3. The molecule has 0 aliphatic carbocycles. The average Bonchev–Trinajstić information content (AvgIpc) is 3.84. The number of aromatic nitrogens is 6. The zero-order valence-electron chi connectivity index (χ0n) is 27.6. The summed E-state index contributed by atoms with van der Waals surface area (Å²) in [5.74, 6) is -0.784. The molecule has 0 spiro atoms. The third kappa shape index (κ3) is 5.65. The molecule has 13 nitrogen and oxygen atoms in total. The number of benzene rings is 2. The topological polar surface area (TPSA) is 148 Å². The number of anilines is 3. The third-order valence-electron chi connectivity index (χ3n) is 9.41. The molecule has 2 unspecified atom stereocenters. The fraction of sp³-hybridized carbons (Fsp3) is 0.294. The van der Waals surface area contributed by atoms with E-state index in [1.807, 2.05) is 31.2 Å². The van der Waals surface area contributed by atoms with Crippen LogP contribution in [0.15, 0.2) is 72.4 Å². The molecule has 16 heteroatoms. The van der Waals surface area contributed by atoms with E-state index >= 15 is 0 Å². The molecule has 1 N–H and O–H groups in total. The highest BCUT2D eigenvalue weighted by Crippen LogP contribution is 2.45. The van der Waals surface area contributed by atoms with Crippen molar-refractivity contribution in [3.05, 3.63) is 94.4 Å². The first kappa shape index (κ1) is 33.8. The summed E-state index contributed by atoms with van der Waals surface area (Å²) in [5, 5.41) is 7.65. The molecule has 1 saturated heterocycles. The molecule has 0 bridgehead atoms. The average molecular weight is 735 g/mol. The first-order valence-corrected chi connectivity index (χ1v) is 18.1. The molecule has 0 radical (unpaired) electrons. The van der Waals surface area contributed by atoms with Crippen molar-refractivity contribution in [1.29, 1.82) is 0 Å². The molecule has 5 aromatic rings. The standard InChI is InChI=1S/C34H33Cl2N9O4S/c1-20-30(21(2)42(4)41-20)40-31(46)28-6-5-11-43(28)50(48,49)29-18-39-33-44(27-13-25(35)12-26(36)14-27)32(47)34(3,45(29)33)15-22-7-9-23(10-8-22)24-16-37-19-38-17-24/h7-10,12-14,16-19,28H,5-6,11,15H2,1-4H3,(H,40,46). The van der Waals surface area contributed by atoms with Crippen molar-refractivity contribution < 1.29 is 18.0 Å². The van der Waals surface area contributed by atoms with Crippen LogP contribution in [0.3, 0.4) is 0 Å². The lowest BCUT2D eigenvalue weighted by Crippen LogP contribution is -2.46. The van der Waals surface area contributed by atoms with Gasteiger partial charge < -0.3 is 5.32 Å². The van der Waals surface area contributed by atoms with Gasteiger partial charge in [0.05, 0.1) is 29.0 Å². The third-order valence-corrected chi connectivity index (χ3v) is 11.7. The number of sulfonamides is 1. The smallest absolute Gasteiger partial charge is 0.261 e. The zero-order chi connectivity index (χ0) is 35.5. The molecule has 50 heavy (non-hydrogen) atoms. The maximum absolute atomic E-state index is 14.6. The van der Waals surface area contributed by atoms with E-state index in [0.29, 0.717) is 40.0 Å². The number of nitrogens with one attached hydrogen (secondary N) is 1. The van der Waals surface area contributed by atoms with Gasteiger partial charge in [-0.3, -0.25) is 18.8 Å². The van der Waals surface area contributed by atoms with Crippen LogP contribution in [0.4, 0.5) is 17.3 Å². The summed E-state index contributed by atoms with van der Waals surface area (Å²) in [6.45, 7) is 5.41. The van der Waals surface area contributed by atoms with Gasteiger partial charge in [-0.25, -0.2) is 28.3 Å². The summed E-state index contributed by atoms with van der Waals surface area (Å²) in [7, 11) is -2.59. The highest BCUT2D eigenvalue weighted by molar-refractivity contribution is 7.89. The van der Waals surface area contributed by atoms with Crippen molar-refractivity contribution >= 4 is 62.4 Å². The van der Waals surface area contributed by atoms with E-state index in [1.165, 1.54) is 26.3 Å². The van der Waals surface area contributed by atoms with Crippen LogP contribution in [0.1, 0.15) is 36.7 Å². The van der Waals surface area contributed by atoms with Crippen molar-refractivity contribution in [2.75, 3.05) is 16.8 Å². The highest BCUT2D eigenvalue weighted by Gasteiger charge is 2.53. The fourth-order valence-electron chi connectivity index (χ4n) is 6.85. The van der Waals surface area contributed by atoms with Gasteiger partial charge in [0.1, 0.15) is 17.9 Å². The molecular weight excluding hydrogens is 701 g/mol. The molecule has 3 aromatic heterocycles. The van der Waals surface area contributed by atoms with Gasteiger partial charge in [-0.2, -0.15) is 9.40 Å². The lowest BCUT2D eigenvalue weighted by molar-refractivity contribution is -0.124. The Labute approximate surface area is 298 Å². The Bertz CT molecular complexity index is 2240. The Hall–Kier alpha value is -4.63. The number of carbonyl (C=O) groups excluding carboxylic acids is 2. The van der Waals surface area contributed by atoms with E-state index in [4.69, 9.17) is 23.2 Å². The van der Waals surface area contributed by atoms with E-state index < -0.39 is 33.4 Å². The van der Waals surface area contributed by atoms with Crippen LogP contribution in [-0.4, -0.2) is 66.4 Å². The Morgan fingerprint density at radius 3 is 2.34 bits per heavy atom. The number of halogens is 2. The van der Waals surface area contributed by atoms with Gasteiger partial charge in [0.2, 0.25) is 11.9 Å². The lowest BCUT2D eigenvalue weighted by Gasteiger charge is -2.29. The molecule has 2 aliphatic rings. The number of rotatable bonds is 8. The van der Waals surface area contributed by atoms with E-state index in [2.05, 4.69) is 25.4 Å². The SMILES string of the molecule is Cc1nn(C)c(C)c1NC(=O)C1CCCN1S(=O)(=O)c1cnc2n1C(C)(Cc1ccc(-c3cncnc3)cc1)C(=O)N2c1cc(Cl)cc(Cl)c1. The van der Waals surface area contributed by atoms with Crippen LogP contribution >= 0.6 is 23.2 Å². The Morgan fingerprint density at radius 2 is 1.70 bits per heavy atom. The summed E-state index contributed by atoms with van der Waals surface area (Å²) in [4.78, 5) is 42.3. The molecule has 0 saturated carbocycles. The largest absolute Gasteiger partial charge is 0.322 e. The maximum atomic E-state index is 14.6. The van der Waals surface area contributed by atoms with E-state index in [-0.39, 0.29) is 23.9 Å².